The topological polar surface area (TPSA) is 73.4 Å². The standard InChI is InChI=1S/C23H18Cl2N4O2/c24-18-8-5-17(6-9-18)22(30)28-11-13-29(14-12-28)23-20(15-26)27-21(31-23)10-7-16-3-1-2-4-19(16)25/h1-10H,11-14H2/b10-7+. The van der Waals surface area contributed by atoms with E-state index in [0.29, 0.717) is 53.6 Å². The highest BCUT2D eigenvalue weighted by molar-refractivity contribution is 6.32. The van der Waals surface area contributed by atoms with Crippen molar-refractivity contribution in [3.05, 3.63) is 81.3 Å². The van der Waals surface area contributed by atoms with Crippen molar-refractivity contribution in [2.75, 3.05) is 31.1 Å². The van der Waals surface area contributed by atoms with Gasteiger partial charge in [0.05, 0.1) is 0 Å². The van der Waals surface area contributed by atoms with Crippen LogP contribution in [-0.2, 0) is 0 Å². The summed E-state index contributed by atoms with van der Waals surface area (Å²) in [7, 11) is 0. The Bertz CT molecular complexity index is 1160. The Morgan fingerprint density at radius 3 is 2.42 bits per heavy atom. The van der Waals surface area contributed by atoms with E-state index < -0.39 is 0 Å². The van der Waals surface area contributed by atoms with Crippen LogP contribution in [-0.4, -0.2) is 42.0 Å². The average Bonchev–Trinajstić information content (AvgIpc) is 3.22. The molecule has 2 heterocycles. The van der Waals surface area contributed by atoms with E-state index in [1.807, 2.05) is 23.1 Å². The first-order valence-corrected chi connectivity index (χ1v) is 10.4. The number of piperazine rings is 1. The zero-order valence-electron chi connectivity index (χ0n) is 16.5. The maximum Gasteiger partial charge on any atom is 0.253 e. The third kappa shape index (κ3) is 4.74. The van der Waals surface area contributed by atoms with Crippen molar-refractivity contribution < 1.29 is 9.21 Å². The van der Waals surface area contributed by atoms with Crippen LogP contribution in [0.4, 0.5) is 5.88 Å². The molecule has 1 aromatic heterocycles. The number of carbonyl (C=O) groups excluding carboxylic acids is 1. The van der Waals surface area contributed by atoms with Crippen LogP contribution >= 0.6 is 23.2 Å². The number of amides is 1. The molecule has 2 aromatic carbocycles. The number of nitriles is 1. The van der Waals surface area contributed by atoms with Crippen molar-refractivity contribution in [1.29, 1.82) is 5.26 Å². The normalized spacial score (nSPS) is 14.1. The summed E-state index contributed by atoms with van der Waals surface area (Å²) < 4.78 is 5.84. The zero-order chi connectivity index (χ0) is 21.8. The molecular weight excluding hydrogens is 435 g/mol. The Kier molecular flexibility index (Phi) is 6.26. The Morgan fingerprint density at radius 1 is 1.03 bits per heavy atom. The second kappa shape index (κ2) is 9.25. The van der Waals surface area contributed by atoms with Gasteiger partial charge < -0.3 is 14.2 Å². The van der Waals surface area contributed by atoms with Crippen LogP contribution in [0.25, 0.3) is 12.2 Å². The van der Waals surface area contributed by atoms with Crippen LogP contribution in [0.15, 0.2) is 52.9 Å². The number of hydrogen-bond acceptors (Lipinski definition) is 5. The minimum Gasteiger partial charge on any atom is -0.420 e. The first kappa shape index (κ1) is 21.0. The van der Waals surface area contributed by atoms with Crippen molar-refractivity contribution in [3.8, 4) is 6.07 Å². The summed E-state index contributed by atoms with van der Waals surface area (Å²) in [5, 5.41) is 10.7. The van der Waals surface area contributed by atoms with Crippen molar-refractivity contribution in [3.63, 3.8) is 0 Å². The SMILES string of the molecule is N#Cc1nc(/C=C/c2ccccc2Cl)oc1N1CCN(C(=O)c2ccc(Cl)cc2)CC1. The summed E-state index contributed by atoms with van der Waals surface area (Å²) in [5.74, 6) is 0.698. The number of aromatic nitrogens is 1. The van der Waals surface area contributed by atoms with Crippen molar-refractivity contribution in [1.82, 2.24) is 9.88 Å². The Balaban J connectivity index is 1.45. The van der Waals surface area contributed by atoms with Gasteiger partial charge in [0.2, 0.25) is 17.5 Å². The number of oxazole rings is 1. The van der Waals surface area contributed by atoms with Gasteiger partial charge in [-0.3, -0.25) is 4.79 Å². The zero-order valence-corrected chi connectivity index (χ0v) is 18.0. The molecule has 0 aliphatic carbocycles. The summed E-state index contributed by atoms with van der Waals surface area (Å²) in [4.78, 5) is 20.7. The molecular formula is C23H18Cl2N4O2. The number of benzene rings is 2. The maximum atomic E-state index is 12.7. The van der Waals surface area contributed by atoms with Crippen LogP contribution in [0.2, 0.25) is 10.0 Å². The largest absolute Gasteiger partial charge is 0.420 e. The second-order valence-electron chi connectivity index (χ2n) is 6.96. The van der Waals surface area contributed by atoms with Crippen molar-refractivity contribution in [2.24, 2.45) is 0 Å². The quantitative estimate of drug-likeness (QED) is 0.557. The van der Waals surface area contributed by atoms with Gasteiger partial charge in [-0.05, 0) is 42.0 Å². The molecule has 0 unspecified atom stereocenters. The number of anilines is 1. The lowest BCUT2D eigenvalue weighted by atomic mass is 10.2. The van der Waals surface area contributed by atoms with Crippen LogP contribution in [0.1, 0.15) is 27.5 Å². The summed E-state index contributed by atoms with van der Waals surface area (Å²) in [6.07, 6.45) is 3.48. The number of hydrogen-bond donors (Lipinski definition) is 0. The fraction of sp³-hybridized carbons (Fsp3) is 0.174. The molecule has 31 heavy (non-hydrogen) atoms. The van der Waals surface area contributed by atoms with Gasteiger partial charge in [-0.25, -0.2) is 0 Å². The van der Waals surface area contributed by atoms with Gasteiger partial charge in [0.1, 0.15) is 6.07 Å². The molecule has 0 N–H and O–H groups in total. The lowest BCUT2D eigenvalue weighted by Gasteiger charge is -2.34. The molecule has 6 nitrogen and oxygen atoms in total. The smallest absolute Gasteiger partial charge is 0.253 e. The van der Waals surface area contributed by atoms with E-state index in [1.165, 1.54) is 0 Å². The van der Waals surface area contributed by atoms with Gasteiger partial charge >= 0.3 is 0 Å². The van der Waals surface area contributed by atoms with Crippen molar-refractivity contribution in [2.45, 2.75) is 0 Å². The molecule has 1 amide bonds. The summed E-state index contributed by atoms with van der Waals surface area (Å²) in [5.41, 5.74) is 1.65. The third-order valence-corrected chi connectivity index (χ3v) is 5.58. The second-order valence-corrected chi connectivity index (χ2v) is 7.80. The lowest BCUT2D eigenvalue weighted by molar-refractivity contribution is 0.0745. The highest BCUT2D eigenvalue weighted by Crippen LogP contribution is 2.25. The van der Waals surface area contributed by atoms with Gasteiger partial charge in [-0.1, -0.05) is 41.4 Å². The van der Waals surface area contributed by atoms with E-state index in [0.717, 1.165) is 5.56 Å². The van der Waals surface area contributed by atoms with Crippen LogP contribution in [0.3, 0.4) is 0 Å². The Labute approximate surface area is 189 Å². The minimum atomic E-state index is -0.0437. The van der Waals surface area contributed by atoms with Gasteiger partial charge in [-0.15, -0.1) is 0 Å². The molecule has 8 heteroatoms. The first-order valence-electron chi connectivity index (χ1n) is 9.68. The number of carbonyl (C=O) groups is 1. The molecule has 156 valence electrons. The fourth-order valence-electron chi connectivity index (χ4n) is 3.35. The van der Waals surface area contributed by atoms with Gasteiger partial charge in [0.15, 0.2) is 0 Å². The molecule has 3 aromatic rings. The van der Waals surface area contributed by atoms with Gasteiger partial charge in [0, 0.05) is 47.9 Å². The predicted molar refractivity (Wildman–Crippen MR) is 121 cm³/mol. The van der Waals surface area contributed by atoms with Crippen LogP contribution < -0.4 is 4.90 Å². The molecule has 4 rings (SSSR count). The molecule has 1 aliphatic heterocycles. The number of nitrogens with zero attached hydrogens (tertiary/aromatic N) is 4. The molecule has 0 bridgehead atoms. The molecule has 0 atom stereocenters. The summed E-state index contributed by atoms with van der Waals surface area (Å²) in [6.45, 7) is 2.10. The van der Waals surface area contributed by atoms with E-state index in [-0.39, 0.29) is 11.6 Å². The Hall–Kier alpha value is -3.27. The molecule has 1 fully saturated rings. The number of rotatable bonds is 4. The summed E-state index contributed by atoms with van der Waals surface area (Å²) in [6, 6.07) is 16.4. The molecule has 1 saturated heterocycles. The molecule has 0 saturated carbocycles. The minimum absolute atomic E-state index is 0.0437. The van der Waals surface area contributed by atoms with E-state index in [4.69, 9.17) is 27.6 Å². The van der Waals surface area contributed by atoms with E-state index in [9.17, 15) is 10.1 Å². The van der Waals surface area contributed by atoms with Crippen molar-refractivity contribution >= 4 is 47.1 Å². The highest BCUT2D eigenvalue weighted by atomic mass is 35.5. The fourth-order valence-corrected chi connectivity index (χ4v) is 3.67. The van der Waals surface area contributed by atoms with Gasteiger partial charge in [0.25, 0.3) is 5.91 Å². The lowest BCUT2D eigenvalue weighted by Crippen LogP contribution is -2.48. The monoisotopic (exact) mass is 452 g/mol. The Morgan fingerprint density at radius 2 is 1.74 bits per heavy atom. The van der Waals surface area contributed by atoms with Crippen LogP contribution in [0, 0.1) is 11.3 Å². The maximum absolute atomic E-state index is 12.7. The number of halogens is 2. The van der Waals surface area contributed by atoms with E-state index in [1.54, 1.807) is 47.4 Å². The first-order chi connectivity index (χ1) is 15.0. The van der Waals surface area contributed by atoms with E-state index >= 15 is 0 Å². The van der Waals surface area contributed by atoms with Gasteiger partial charge in [-0.2, -0.15) is 10.2 Å². The predicted octanol–water partition coefficient (Wildman–Crippen LogP) is 4.99. The summed E-state index contributed by atoms with van der Waals surface area (Å²) >= 11 is 12.1. The van der Waals surface area contributed by atoms with Crippen LogP contribution in [0.5, 0.6) is 0 Å². The molecule has 1 aliphatic rings. The average molecular weight is 453 g/mol. The molecule has 0 spiro atoms. The molecule has 0 radical (unpaired) electrons. The third-order valence-electron chi connectivity index (χ3n) is 4.99. The van der Waals surface area contributed by atoms with E-state index in [2.05, 4.69) is 11.1 Å². The highest BCUT2D eigenvalue weighted by Gasteiger charge is 2.26.